The van der Waals surface area contributed by atoms with Crippen molar-refractivity contribution >= 4 is 38.6 Å². The molecule has 2 N–H and O–H groups in total. The third-order valence-corrected chi connectivity index (χ3v) is 12.7. The van der Waals surface area contributed by atoms with Crippen molar-refractivity contribution in [2.45, 2.75) is 120 Å². The van der Waals surface area contributed by atoms with Crippen LogP contribution in [0.1, 0.15) is 84.1 Å². The number of aryl methyl sites for hydroxylation is 1. The van der Waals surface area contributed by atoms with Crippen LogP contribution in [0.25, 0.3) is 10.9 Å². The zero-order chi connectivity index (χ0) is 36.7. The maximum absolute atomic E-state index is 14.2. The molecule has 51 heavy (non-hydrogen) atoms. The third kappa shape index (κ3) is 7.26. The van der Waals surface area contributed by atoms with Crippen LogP contribution in [0, 0.1) is 17.7 Å². The first-order chi connectivity index (χ1) is 24.2. The van der Waals surface area contributed by atoms with E-state index in [1.54, 1.807) is 26.2 Å². The molecule has 4 aliphatic rings. The Bertz CT molecular complexity index is 1860. The molecule has 2 aromatic rings. The van der Waals surface area contributed by atoms with Gasteiger partial charge in [0, 0.05) is 29.4 Å². The van der Waals surface area contributed by atoms with Gasteiger partial charge >= 0.3 is 0 Å². The van der Waals surface area contributed by atoms with Crippen molar-refractivity contribution in [3.05, 3.63) is 40.8 Å². The highest BCUT2D eigenvalue weighted by atomic mass is 32.2. The van der Waals surface area contributed by atoms with Gasteiger partial charge in [0.1, 0.15) is 29.2 Å². The first-order valence-electron chi connectivity index (χ1n) is 17.7. The van der Waals surface area contributed by atoms with E-state index in [0.717, 1.165) is 18.4 Å². The lowest BCUT2D eigenvalue weighted by Gasteiger charge is -2.27. The molecule has 6 rings (SSSR count). The van der Waals surface area contributed by atoms with Crippen molar-refractivity contribution < 1.29 is 37.0 Å². The maximum Gasteiger partial charge on any atom is 0.259 e. The molecule has 14 nitrogen and oxygen atoms in total. The summed E-state index contributed by atoms with van der Waals surface area (Å²) in [6, 6.07) is 2.98. The minimum Gasteiger partial charge on any atom is -0.496 e. The minimum atomic E-state index is -3.98. The number of carbonyl (C=O) groups excluding carboxylic acids is 3. The van der Waals surface area contributed by atoms with Crippen LogP contribution in [0.2, 0.25) is 0 Å². The van der Waals surface area contributed by atoms with Gasteiger partial charge in [0.25, 0.3) is 11.8 Å². The molecule has 276 valence electrons. The normalized spacial score (nSPS) is 28.4. The Morgan fingerprint density at radius 3 is 2.61 bits per heavy atom. The minimum absolute atomic E-state index is 0.0302. The molecule has 0 spiro atoms. The molecule has 3 fully saturated rings. The number of nitrogens with zero attached hydrogens (tertiary/aromatic N) is 3. The van der Waals surface area contributed by atoms with Gasteiger partial charge in [0.2, 0.25) is 21.8 Å². The van der Waals surface area contributed by atoms with Gasteiger partial charge in [-0.25, -0.2) is 13.4 Å². The summed E-state index contributed by atoms with van der Waals surface area (Å²) in [6.07, 6.45) is 7.10. The molecule has 0 radical (unpaired) electrons. The summed E-state index contributed by atoms with van der Waals surface area (Å²) in [4.78, 5) is 59.9. The number of amides is 3. The van der Waals surface area contributed by atoms with Crippen LogP contribution in [0.5, 0.6) is 17.4 Å². The number of aromatic nitrogens is 1. The number of pyridine rings is 1. The van der Waals surface area contributed by atoms with E-state index in [9.17, 15) is 27.7 Å². The van der Waals surface area contributed by atoms with Crippen LogP contribution in [-0.2, 0) is 24.4 Å². The van der Waals surface area contributed by atoms with Crippen LogP contribution in [0.4, 0.5) is 0 Å². The first kappa shape index (κ1) is 36.5. The molecule has 5 atom stereocenters. The molecular formula is C36H47N5O9S. The van der Waals surface area contributed by atoms with Gasteiger partial charge in [-0.05, 0) is 78.4 Å². The van der Waals surface area contributed by atoms with E-state index in [1.807, 2.05) is 39.0 Å². The van der Waals surface area contributed by atoms with Gasteiger partial charge < -0.3 is 24.4 Å². The largest absolute Gasteiger partial charge is 0.496 e. The quantitative estimate of drug-likeness (QED) is 0.281. The number of rotatable bonds is 9. The number of ether oxygens (including phenoxy) is 3. The second kappa shape index (κ2) is 14.0. The second-order valence-electron chi connectivity index (χ2n) is 14.7. The summed E-state index contributed by atoms with van der Waals surface area (Å²) in [6.45, 7) is 7.19. The van der Waals surface area contributed by atoms with E-state index in [1.165, 1.54) is 4.90 Å². The average molecular weight is 726 g/mol. The van der Waals surface area contributed by atoms with Crippen molar-refractivity contribution in [2.75, 3.05) is 13.7 Å². The predicted octanol–water partition coefficient (Wildman–Crippen LogP) is 4.22. The highest BCUT2D eigenvalue weighted by molar-refractivity contribution is 7.91. The zero-order valence-electron chi connectivity index (χ0n) is 29.8. The number of fused-ring (bicyclic) bond motifs is 3. The van der Waals surface area contributed by atoms with Crippen molar-refractivity contribution in [2.24, 2.45) is 11.1 Å². The highest BCUT2D eigenvalue weighted by Gasteiger charge is 2.63. The molecule has 2 saturated carbocycles. The molecule has 15 heteroatoms. The fourth-order valence-electron chi connectivity index (χ4n) is 7.05. The molecule has 1 saturated heterocycles. The Hall–Kier alpha value is -4.27. The molecule has 3 amide bonds. The topological polar surface area (TPSA) is 183 Å². The number of allylic oxidation sites excluding steroid dienone is 1. The Kier molecular flexibility index (Phi) is 10.1. The van der Waals surface area contributed by atoms with Crippen molar-refractivity contribution in [1.82, 2.24) is 19.9 Å². The molecule has 3 heterocycles. The van der Waals surface area contributed by atoms with Gasteiger partial charge in [-0.3, -0.25) is 19.1 Å². The van der Waals surface area contributed by atoms with Crippen molar-refractivity contribution in [3.8, 4) is 17.4 Å². The number of nitroso groups, excluding NO2 is 1. The van der Waals surface area contributed by atoms with E-state index in [2.05, 4.69) is 15.2 Å². The Labute approximate surface area is 298 Å². The molecule has 2 aliphatic carbocycles. The zero-order valence-corrected chi connectivity index (χ0v) is 30.6. The van der Waals surface area contributed by atoms with Gasteiger partial charge in [-0.2, -0.15) is 0 Å². The lowest BCUT2D eigenvalue weighted by Crippen LogP contribution is -2.57. The first-order valence-corrected chi connectivity index (χ1v) is 19.2. The highest BCUT2D eigenvalue weighted by Crippen LogP contribution is 2.47. The van der Waals surface area contributed by atoms with Gasteiger partial charge in [-0.1, -0.05) is 30.2 Å². The molecule has 0 bridgehead atoms. The molecule has 2 aliphatic heterocycles. The summed E-state index contributed by atoms with van der Waals surface area (Å²) < 4.78 is 45.3. The van der Waals surface area contributed by atoms with Crippen molar-refractivity contribution in [3.63, 3.8) is 0 Å². The lowest BCUT2D eigenvalue weighted by atomic mass is 10.1. The van der Waals surface area contributed by atoms with Crippen LogP contribution in [0.3, 0.4) is 0 Å². The summed E-state index contributed by atoms with van der Waals surface area (Å²) in [7, 11) is -2.40. The maximum atomic E-state index is 14.2. The van der Waals surface area contributed by atoms with Gasteiger partial charge in [0.05, 0.1) is 30.0 Å². The smallest absolute Gasteiger partial charge is 0.259 e. The van der Waals surface area contributed by atoms with E-state index >= 15 is 0 Å². The van der Waals surface area contributed by atoms with E-state index in [4.69, 9.17) is 19.2 Å². The fraction of sp³-hybridized carbons (Fsp3) is 0.611. The number of hydrogen-bond acceptors (Lipinski definition) is 11. The van der Waals surface area contributed by atoms with Gasteiger partial charge in [-0.15, -0.1) is 4.91 Å². The monoisotopic (exact) mass is 725 g/mol. The van der Waals surface area contributed by atoms with Crippen molar-refractivity contribution in [1.29, 1.82) is 0 Å². The molecule has 0 unspecified atom stereocenters. The number of benzene rings is 1. The summed E-state index contributed by atoms with van der Waals surface area (Å²) in [5.41, 5.74) is -0.134. The lowest BCUT2D eigenvalue weighted by molar-refractivity contribution is -0.140. The van der Waals surface area contributed by atoms with Gasteiger partial charge in [0.15, 0.2) is 6.04 Å². The van der Waals surface area contributed by atoms with Crippen LogP contribution < -0.4 is 24.2 Å². The summed E-state index contributed by atoms with van der Waals surface area (Å²) in [5, 5.41) is 6.68. The number of nitrogens with one attached hydrogen (secondary N) is 2. The molecule has 1 aromatic carbocycles. The van der Waals surface area contributed by atoms with Crippen LogP contribution >= 0.6 is 0 Å². The third-order valence-electron chi connectivity index (χ3n) is 10.6. The van der Waals surface area contributed by atoms with Crippen LogP contribution in [-0.4, -0.2) is 84.3 Å². The molecular weight excluding hydrogens is 678 g/mol. The van der Waals surface area contributed by atoms with E-state index < -0.39 is 62.1 Å². The number of carbonyl (C=O) groups is 3. The average Bonchev–Trinajstić information content (AvgIpc) is 3.96. The molecule has 1 aromatic heterocycles. The summed E-state index contributed by atoms with van der Waals surface area (Å²) in [5.74, 6) is -1.08. The Morgan fingerprint density at radius 2 is 1.92 bits per heavy atom. The standard InChI is InChI=1S/C36H47N5O9S/c1-21(2)49-30-18-29(25-13-14-28(48-5)22(3)31(25)37-30)50-24-17-27-32(42)38-36(34(44)40-51(46,47)35(4)15-16-35)19-23(36)11-9-7-6-8-10-12-26(39-45)33(43)41(27)20-24/h9,11,13-14,18,21,23-24,26-27H,6-8,10,12,15-17,19-20H2,1-5H3,(H,38,42)(H,40,44)/b11-9-/t23-,24-,26+,27+,36-/m1/s1. The van der Waals surface area contributed by atoms with E-state index in [-0.39, 0.29) is 31.9 Å². The Morgan fingerprint density at radius 1 is 1.16 bits per heavy atom. The van der Waals surface area contributed by atoms with Crippen LogP contribution in [0.15, 0.2) is 35.5 Å². The SMILES string of the molecule is COc1ccc2c(O[C@@H]3C[C@H]4C(=O)N[C@]5(C(=O)NS(=O)(=O)C6(C)CC6)C[C@H]5/C=C\CCCCC[C@H](N=O)C(=O)N4C3)cc(OC(C)C)nc2c1C. The number of hydrogen-bond donors (Lipinski definition) is 2. The number of methoxy groups -OCH3 is 1. The summed E-state index contributed by atoms with van der Waals surface area (Å²) >= 11 is 0. The Balaban J connectivity index is 1.33. The number of sulfonamides is 1. The fourth-order valence-corrected chi connectivity index (χ4v) is 8.36. The second-order valence-corrected chi connectivity index (χ2v) is 16.9. The van der Waals surface area contributed by atoms with E-state index in [0.29, 0.717) is 54.0 Å². The predicted molar refractivity (Wildman–Crippen MR) is 189 cm³/mol.